The summed E-state index contributed by atoms with van der Waals surface area (Å²) >= 11 is 1.88. The molecule has 0 bridgehead atoms. The van der Waals surface area contributed by atoms with E-state index in [0.717, 1.165) is 17.6 Å². The zero-order chi connectivity index (χ0) is 12.3. The van der Waals surface area contributed by atoms with E-state index in [0.29, 0.717) is 5.92 Å². The Kier molecular flexibility index (Phi) is 4.43. The van der Waals surface area contributed by atoms with Gasteiger partial charge >= 0.3 is 0 Å². The molecule has 1 aromatic heterocycles. The van der Waals surface area contributed by atoms with Crippen LogP contribution in [0.2, 0.25) is 0 Å². The van der Waals surface area contributed by atoms with Crippen molar-refractivity contribution in [1.82, 2.24) is 4.98 Å². The molecule has 0 amide bonds. The number of aromatic nitrogens is 1. The summed E-state index contributed by atoms with van der Waals surface area (Å²) in [5, 5.41) is 4.60. The summed E-state index contributed by atoms with van der Waals surface area (Å²) in [6.07, 6.45) is 6.50. The Morgan fingerprint density at radius 3 is 3.00 bits per heavy atom. The Balaban J connectivity index is 1.96. The predicted octanol–water partition coefficient (Wildman–Crippen LogP) is 4.12. The number of nitrogens with one attached hydrogen (secondary N) is 1. The number of hydrogen-bond donors (Lipinski definition) is 1. The highest BCUT2D eigenvalue weighted by atomic mass is 32.1. The molecule has 0 aliphatic heterocycles. The third-order valence-corrected chi connectivity index (χ3v) is 4.48. The normalized spacial score (nSPS) is 19.4. The van der Waals surface area contributed by atoms with E-state index in [1.165, 1.54) is 37.8 Å². The fourth-order valence-corrected chi connectivity index (χ4v) is 3.59. The third kappa shape index (κ3) is 3.44. The van der Waals surface area contributed by atoms with Gasteiger partial charge in [0, 0.05) is 11.4 Å². The molecule has 1 N–H and O–H groups in total. The number of hydrogen-bond acceptors (Lipinski definition) is 3. The van der Waals surface area contributed by atoms with Crippen LogP contribution in [0.3, 0.4) is 0 Å². The van der Waals surface area contributed by atoms with Gasteiger partial charge in [0.2, 0.25) is 0 Å². The standard InChI is InChI=1S/C14H24N2S/c1-4-5-11-6-7-12-13(8-11)17-14(16-12)15-9-10(2)3/h10-11H,4-9H2,1-3H3,(H,15,16). The van der Waals surface area contributed by atoms with Crippen LogP contribution in [0, 0.1) is 11.8 Å². The number of thiazole rings is 1. The first-order valence-electron chi connectivity index (χ1n) is 6.91. The Labute approximate surface area is 109 Å². The molecular formula is C14H24N2S. The van der Waals surface area contributed by atoms with Gasteiger partial charge in [-0.2, -0.15) is 0 Å². The second-order valence-corrected chi connectivity index (χ2v) is 6.64. The molecule has 1 aliphatic rings. The van der Waals surface area contributed by atoms with Crippen LogP contribution < -0.4 is 5.32 Å². The first kappa shape index (κ1) is 12.9. The van der Waals surface area contributed by atoms with Gasteiger partial charge in [-0.1, -0.05) is 33.6 Å². The van der Waals surface area contributed by atoms with Crippen molar-refractivity contribution in [1.29, 1.82) is 0 Å². The SMILES string of the molecule is CCCC1CCc2nc(NCC(C)C)sc2C1. The minimum absolute atomic E-state index is 0.684. The molecule has 0 saturated heterocycles. The molecule has 1 heterocycles. The fourth-order valence-electron chi connectivity index (χ4n) is 2.46. The van der Waals surface area contributed by atoms with Crippen LogP contribution in [0.25, 0.3) is 0 Å². The van der Waals surface area contributed by atoms with Gasteiger partial charge in [0.05, 0.1) is 5.69 Å². The minimum atomic E-state index is 0.684. The van der Waals surface area contributed by atoms with Gasteiger partial charge in [0.25, 0.3) is 0 Å². The molecule has 2 nitrogen and oxygen atoms in total. The minimum Gasteiger partial charge on any atom is -0.361 e. The van der Waals surface area contributed by atoms with Gasteiger partial charge < -0.3 is 5.32 Å². The van der Waals surface area contributed by atoms with Crippen LogP contribution in [0.15, 0.2) is 0 Å². The number of aryl methyl sites for hydroxylation is 1. The summed E-state index contributed by atoms with van der Waals surface area (Å²) < 4.78 is 0. The van der Waals surface area contributed by atoms with E-state index in [2.05, 4.69) is 26.1 Å². The highest BCUT2D eigenvalue weighted by molar-refractivity contribution is 7.15. The molecule has 2 rings (SSSR count). The molecule has 0 fully saturated rings. The van der Waals surface area contributed by atoms with Gasteiger partial charge in [0.1, 0.15) is 0 Å². The Hall–Kier alpha value is -0.570. The first-order valence-corrected chi connectivity index (χ1v) is 7.73. The summed E-state index contributed by atoms with van der Waals surface area (Å²) in [6, 6.07) is 0. The lowest BCUT2D eigenvalue weighted by molar-refractivity contribution is 0.424. The van der Waals surface area contributed by atoms with Crippen molar-refractivity contribution in [3.63, 3.8) is 0 Å². The molecule has 1 aliphatic carbocycles. The zero-order valence-corrected chi connectivity index (χ0v) is 12.1. The van der Waals surface area contributed by atoms with Crippen LogP contribution >= 0.6 is 11.3 Å². The second-order valence-electron chi connectivity index (χ2n) is 5.56. The lowest BCUT2D eigenvalue weighted by Crippen LogP contribution is -2.12. The lowest BCUT2D eigenvalue weighted by Gasteiger charge is -2.19. The van der Waals surface area contributed by atoms with Crippen LogP contribution in [0.1, 0.15) is 50.6 Å². The predicted molar refractivity (Wildman–Crippen MR) is 75.9 cm³/mol. The van der Waals surface area contributed by atoms with Crippen LogP contribution in [0.5, 0.6) is 0 Å². The van der Waals surface area contributed by atoms with E-state index in [4.69, 9.17) is 4.98 Å². The number of fused-ring (bicyclic) bond motifs is 1. The molecule has 0 radical (unpaired) electrons. The zero-order valence-electron chi connectivity index (χ0n) is 11.3. The van der Waals surface area contributed by atoms with Gasteiger partial charge in [-0.3, -0.25) is 0 Å². The molecular weight excluding hydrogens is 228 g/mol. The van der Waals surface area contributed by atoms with Crippen molar-refractivity contribution >= 4 is 16.5 Å². The number of nitrogens with zero attached hydrogens (tertiary/aromatic N) is 1. The fraction of sp³-hybridized carbons (Fsp3) is 0.786. The average molecular weight is 252 g/mol. The smallest absolute Gasteiger partial charge is 0.183 e. The summed E-state index contributed by atoms with van der Waals surface area (Å²) in [4.78, 5) is 6.27. The molecule has 96 valence electrons. The average Bonchev–Trinajstić information content (AvgIpc) is 2.69. The molecule has 1 aromatic rings. The van der Waals surface area contributed by atoms with Crippen molar-refractivity contribution in [3.8, 4) is 0 Å². The quantitative estimate of drug-likeness (QED) is 0.853. The molecule has 0 aromatic carbocycles. The maximum absolute atomic E-state index is 4.72. The molecule has 1 unspecified atom stereocenters. The molecule has 1 atom stereocenters. The summed E-state index contributed by atoms with van der Waals surface area (Å²) in [5.41, 5.74) is 1.37. The highest BCUT2D eigenvalue weighted by Gasteiger charge is 2.21. The van der Waals surface area contributed by atoms with E-state index in [1.54, 1.807) is 4.88 Å². The van der Waals surface area contributed by atoms with Crippen molar-refractivity contribution in [2.75, 3.05) is 11.9 Å². The summed E-state index contributed by atoms with van der Waals surface area (Å²) in [5.74, 6) is 1.59. The van der Waals surface area contributed by atoms with Gasteiger partial charge in [-0.25, -0.2) is 4.98 Å². The van der Waals surface area contributed by atoms with E-state index in [1.807, 2.05) is 11.3 Å². The van der Waals surface area contributed by atoms with Crippen molar-refractivity contribution in [3.05, 3.63) is 10.6 Å². The maximum Gasteiger partial charge on any atom is 0.183 e. The third-order valence-electron chi connectivity index (χ3n) is 3.40. The molecule has 0 spiro atoms. The van der Waals surface area contributed by atoms with Crippen LogP contribution in [-0.2, 0) is 12.8 Å². The lowest BCUT2D eigenvalue weighted by atomic mass is 9.88. The maximum atomic E-state index is 4.72. The van der Waals surface area contributed by atoms with Crippen molar-refractivity contribution in [2.45, 2.75) is 52.9 Å². The van der Waals surface area contributed by atoms with E-state index in [9.17, 15) is 0 Å². The van der Waals surface area contributed by atoms with Crippen molar-refractivity contribution in [2.24, 2.45) is 11.8 Å². The highest BCUT2D eigenvalue weighted by Crippen LogP contribution is 2.33. The van der Waals surface area contributed by atoms with Gasteiger partial charge in [-0.05, 0) is 31.1 Å². The summed E-state index contributed by atoms with van der Waals surface area (Å²) in [7, 11) is 0. The Morgan fingerprint density at radius 1 is 1.47 bits per heavy atom. The number of anilines is 1. The van der Waals surface area contributed by atoms with E-state index in [-0.39, 0.29) is 0 Å². The molecule has 0 saturated carbocycles. The largest absolute Gasteiger partial charge is 0.361 e. The first-order chi connectivity index (χ1) is 8.19. The Bertz CT molecular complexity index is 357. The van der Waals surface area contributed by atoms with Crippen LogP contribution in [0.4, 0.5) is 5.13 Å². The molecule has 3 heteroatoms. The summed E-state index contributed by atoms with van der Waals surface area (Å²) in [6.45, 7) is 7.79. The topological polar surface area (TPSA) is 24.9 Å². The van der Waals surface area contributed by atoms with Gasteiger partial charge in [-0.15, -0.1) is 11.3 Å². The Morgan fingerprint density at radius 2 is 2.29 bits per heavy atom. The van der Waals surface area contributed by atoms with Crippen LogP contribution in [-0.4, -0.2) is 11.5 Å². The molecule has 17 heavy (non-hydrogen) atoms. The van der Waals surface area contributed by atoms with Crippen molar-refractivity contribution < 1.29 is 0 Å². The van der Waals surface area contributed by atoms with Gasteiger partial charge in [0.15, 0.2) is 5.13 Å². The monoisotopic (exact) mass is 252 g/mol. The van der Waals surface area contributed by atoms with E-state index < -0.39 is 0 Å². The number of rotatable bonds is 5. The van der Waals surface area contributed by atoms with E-state index >= 15 is 0 Å². The second kappa shape index (κ2) is 5.85.